The zero-order valence-electron chi connectivity index (χ0n) is 9.80. The second kappa shape index (κ2) is 5.66. The zero-order valence-corrected chi connectivity index (χ0v) is 9.80. The van der Waals surface area contributed by atoms with Crippen molar-refractivity contribution in [1.82, 2.24) is 0 Å². The van der Waals surface area contributed by atoms with Crippen molar-refractivity contribution in [3.63, 3.8) is 0 Å². The van der Waals surface area contributed by atoms with Crippen LogP contribution in [0.15, 0.2) is 12.1 Å². The summed E-state index contributed by atoms with van der Waals surface area (Å²) in [6.45, 7) is 2.49. The molecule has 0 heterocycles. The number of carbonyl (C=O) groups excluding carboxylic acids is 2. The molecular formula is C12H11F3O3. The molecule has 3 nitrogen and oxygen atoms in total. The normalized spacial score (nSPS) is 12.1. The van der Waals surface area contributed by atoms with Gasteiger partial charge in [0.25, 0.3) is 5.78 Å². The first-order chi connectivity index (χ1) is 8.38. The highest BCUT2D eigenvalue weighted by Gasteiger charge is 2.25. The summed E-state index contributed by atoms with van der Waals surface area (Å²) in [6, 6.07) is 1.45. The van der Waals surface area contributed by atoms with Gasteiger partial charge in [-0.2, -0.15) is 0 Å². The Hall–Kier alpha value is -1.85. The summed E-state index contributed by atoms with van der Waals surface area (Å²) in [5.74, 6) is -5.52. The molecule has 1 unspecified atom stereocenters. The monoisotopic (exact) mass is 260 g/mol. The highest BCUT2D eigenvalue weighted by atomic mass is 19.2. The number of ether oxygens (including phenoxy) is 1. The third-order valence-electron chi connectivity index (χ3n) is 2.22. The zero-order chi connectivity index (χ0) is 13.9. The summed E-state index contributed by atoms with van der Waals surface area (Å²) in [5.41, 5.74) is -1.05. The second-order valence-corrected chi connectivity index (χ2v) is 3.53. The van der Waals surface area contributed by atoms with Gasteiger partial charge in [0.15, 0.2) is 11.6 Å². The smallest absolute Gasteiger partial charge is 0.379 e. The highest BCUT2D eigenvalue weighted by Crippen LogP contribution is 2.22. The van der Waals surface area contributed by atoms with Crippen LogP contribution < -0.4 is 0 Å². The topological polar surface area (TPSA) is 43.4 Å². The van der Waals surface area contributed by atoms with Crippen LogP contribution in [-0.2, 0) is 9.53 Å². The van der Waals surface area contributed by atoms with Crippen LogP contribution >= 0.6 is 0 Å². The van der Waals surface area contributed by atoms with Crippen LogP contribution in [0.3, 0.4) is 0 Å². The first kappa shape index (κ1) is 14.2. The van der Waals surface area contributed by atoms with Crippen LogP contribution in [0.2, 0.25) is 0 Å². The maximum absolute atomic E-state index is 13.4. The lowest BCUT2D eigenvalue weighted by atomic mass is 10.0. The molecule has 0 fully saturated rings. The van der Waals surface area contributed by atoms with Crippen molar-refractivity contribution in [3.8, 4) is 0 Å². The average Bonchev–Trinajstić information content (AvgIpc) is 2.31. The summed E-state index contributed by atoms with van der Waals surface area (Å²) < 4.78 is 43.9. The molecule has 0 aliphatic heterocycles. The van der Waals surface area contributed by atoms with E-state index in [0.29, 0.717) is 6.07 Å². The van der Waals surface area contributed by atoms with E-state index in [9.17, 15) is 22.8 Å². The molecule has 1 aromatic carbocycles. The Morgan fingerprint density at radius 3 is 2.44 bits per heavy atom. The number of halogens is 3. The van der Waals surface area contributed by atoms with E-state index < -0.39 is 35.1 Å². The Balaban J connectivity index is 3.23. The number of hydrogen-bond donors (Lipinski definition) is 0. The lowest BCUT2D eigenvalue weighted by molar-refractivity contribution is -0.137. The van der Waals surface area contributed by atoms with Crippen LogP contribution in [0.4, 0.5) is 13.2 Å². The van der Waals surface area contributed by atoms with Crippen molar-refractivity contribution in [2.75, 3.05) is 6.61 Å². The van der Waals surface area contributed by atoms with Gasteiger partial charge in [-0.3, -0.25) is 4.79 Å². The Morgan fingerprint density at radius 2 is 1.94 bits per heavy atom. The molecule has 1 aromatic rings. The van der Waals surface area contributed by atoms with E-state index in [1.165, 1.54) is 6.92 Å². The number of carbonyl (C=O) groups is 2. The van der Waals surface area contributed by atoms with Crippen molar-refractivity contribution in [3.05, 3.63) is 34.9 Å². The molecule has 0 aliphatic carbocycles. The van der Waals surface area contributed by atoms with Crippen LogP contribution in [-0.4, -0.2) is 18.4 Å². The van der Waals surface area contributed by atoms with Crippen LogP contribution in [0, 0.1) is 11.6 Å². The van der Waals surface area contributed by atoms with Gasteiger partial charge in [0.2, 0.25) is 0 Å². The standard InChI is InChI=1S/C12H11F3O3/c1-3-18-12(17)11(16)8-4-7(6(2)13)5-9(14)10(8)15/h4-6H,3H2,1-2H3. The molecular weight excluding hydrogens is 249 g/mol. The largest absolute Gasteiger partial charge is 0.460 e. The van der Waals surface area contributed by atoms with Crippen LogP contribution in [0.1, 0.15) is 35.9 Å². The third-order valence-corrected chi connectivity index (χ3v) is 2.22. The molecule has 0 aromatic heterocycles. The van der Waals surface area contributed by atoms with Crippen molar-refractivity contribution in [2.24, 2.45) is 0 Å². The molecule has 0 N–H and O–H groups in total. The minimum atomic E-state index is -1.59. The molecule has 1 atom stereocenters. The Kier molecular flexibility index (Phi) is 4.47. The summed E-state index contributed by atoms with van der Waals surface area (Å²) in [4.78, 5) is 22.6. The number of esters is 1. The van der Waals surface area contributed by atoms with E-state index in [0.717, 1.165) is 13.0 Å². The molecule has 98 valence electrons. The molecule has 0 bridgehead atoms. The number of Topliss-reactive ketones (excluding diaryl/α,β-unsaturated/α-hetero) is 1. The van der Waals surface area contributed by atoms with E-state index in [4.69, 9.17) is 0 Å². The summed E-state index contributed by atoms with van der Waals surface area (Å²) in [7, 11) is 0. The van der Waals surface area contributed by atoms with Gasteiger partial charge in [-0.15, -0.1) is 0 Å². The molecule has 18 heavy (non-hydrogen) atoms. The maximum Gasteiger partial charge on any atom is 0.379 e. The van der Waals surface area contributed by atoms with Gasteiger partial charge >= 0.3 is 5.97 Å². The summed E-state index contributed by atoms with van der Waals surface area (Å²) >= 11 is 0. The first-order valence-electron chi connectivity index (χ1n) is 5.23. The van der Waals surface area contributed by atoms with Gasteiger partial charge in [-0.25, -0.2) is 18.0 Å². The quantitative estimate of drug-likeness (QED) is 0.475. The fourth-order valence-electron chi connectivity index (χ4n) is 1.31. The first-order valence-corrected chi connectivity index (χ1v) is 5.23. The minimum absolute atomic E-state index is 0.0755. The number of rotatable bonds is 4. The SMILES string of the molecule is CCOC(=O)C(=O)c1cc(C(C)F)cc(F)c1F. The number of ketones is 1. The van der Waals surface area contributed by atoms with Crippen molar-refractivity contribution < 1.29 is 27.5 Å². The molecule has 0 amide bonds. The van der Waals surface area contributed by atoms with Crippen molar-refractivity contribution >= 4 is 11.8 Å². The van der Waals surface area contributed by atoms with Gasteiger partial charge in [-0.1, -0.05) is 0 Å². The van der Waals surface area contributed by atoms with Gasteiger partial charge < -0.3 is 4.74 Å². The molecule has 1 rings (SSSR count). The molecule has 0 saturated heterocycles. The van der Waals surface area contributed by atoms with E-state index in [-0.39, 0.29) is 12.2 Å². The Morgan fingerprint density at radius 1 is 1.33 bits per heavy atom. The number of alkyl halides is 1. The van der Waals surface area contributed by atoms with Crippen LogP contribution in [0.25, 0.3) is 0 Å². The minimum Gasteiger partial charge on any atom is -0.460 e. The molecule has 0 aliphatic rings. The van der Waals surface area contributed by atoms with Crippen LogP contribution in [0.5, 0.6) is 0 Å². The van der Waals surface area contributed by atoms with E-state index in [2.05, 4.69) is 4.74 Å². The van der Waals surface area contributed by atoms with Gasteiger partial charge in [0, 0.05) is 0 Å². The fourth-order valence-corrected chi connectivity index (χ4v) is 1.31. The van der Waals surface area contributed by atoms with E-state index >= 15 is 0 Å². The highest BCUT2D eigenvalue weighted by molar-refractivity contribution is 6.40. The lowest BCUT2D eigenvalue weighted by Gasteiger charge is -2.07. The lowest BCUT2D eigenvalue weighted by Crippen LogP contribution is -2.19. The summed E-state index contributed by atoms with van der Waals surface area (Å²) in [6.07, 6.45) is -1.59. The predicted molar refractivity (Wildman–Crippen MR) is 56.8 cm³/mol. The van der Waals surface area contributed by atoms with Gasteiger partial charge in [0.05, 0.1) is 12.2 Å². The predicted octanol–water partition coefficient (Wildman–Crippen LogP) is 2.74. The molecule has 0 radical (unpaired) electrons. The summed E-state index contributed by atoms with van der Waals surface area (Å²) in [5, 5.41) is 0. The van der Waals surface area contributed by atoms with E-state index in [1.54, 1.807) is 0 Å². The van der Waals surface area contributed by atoms with Gasteiger partial charge in [-0.05, 0) is 31.5 Å². The number of benzene rings is 1. The Bertz CT molecular complexity index is 484. The second-order valence-electron chi connectivity index (χ2n) is 3.53. The molecule has 0 spiro atoms. The van der Waals surface area contributed by atoms with E-state index in [1.807, 2.05) is 0 Å². The number of hydrogen-bond acceptors (Lipinski definition) is 3. The Labute approximate surface area is 102 Å². The van der Waals surface area contributed by atoms with Crippen molar-refractivity contribution in [2.45, 2.75) is 20.0 Å². The third kappa shape index (κ3) is 2.88. The fraction of sp³-hybridized carbons (Fsp3) is 0.333. The molecule has 6 heteroatoms. The maximum atomic E-state index is 13.4. The average molecular weight is 260 g/mol. The van der Waals surface area contributed by atoms with Crippen molar-refractivity contribution in [1.29, 1.82) is 0 Å². The van der Waals surface area contributed by atoms with Gasteiger partial charge in [0.1, 0.15) is 6.17 Å². The molecule has 0 saturated carbocycles.